The monoisotopic (exact) mass is 336 g/mol. The second-order valence-electron chi connectivity index (χ2n) is 6.85. The number of hydrogen-bond acceptors (Lipinski definition) is 4. The minimum atomic E-state index is -0.122. The van der Waals surface area contributed by atoms with Crippen molar-refractivity contribution >= 4 is 22.5 Å². The van der Waals surface area contributed by atoms with Crippen LogP contribution in [0.3, 0.4) is 0 Å². The van der Waals surface area contributed by atoms with Crippen LogP contribution in [0.25, 0.3) is 0 Å². The summed E-state index contributed by atoms with van der Waals surface area (Å²) in [5.41, 5.74) is 1.19. The summed E-state index contributed by atoms with van der Waals surface area (Å²) in [6, 6.07) is -0.122. The molecular weight excluding hydrogens is 308 g/mol. The maximum atomic E-state index is 12.0. The fourth-order valence-corrected chi connectivity index (χ4v) is 4.38. The van der Waals surface area contributed by atoms with Gasteiger partial charge >= 0.3 is 6.03 Å². The topological polar surface area (TPSA) is 57.3 Å². The Morgan fingerprint density at radius 1 is 1.30 bits per heavy atom. The first-order chi connectivity index (χ1) is 11.2. The van der Waals surface area contributed by atoms with Crippen molar-refractivity contribution in [1.82, 2.24) is 15.2 Å². The first kappa shape index (κ1) is 16.7. The summed E-state index contributed by atoms with van der Waals surface area (Å²) in [4.78, 5) is 20.3. The van der Waals surface area contributed by atoms with Crippen LogP contribution >= 0.6 is 11.3 Å². The van der Waals surface area contributed by atoms with Gasteiger partial charge in [-0.25, -0.2) is 9.78 Å². The third kappa shape index (κ3) is 4.91. The van der Waals surface area contributed by atoms with Crippen LogP contribution in [0.4, 0.5) is 9.93 Å². The van der Waals surface area contributed by atoms with Gasteiger partial charge in [0.2, 0.25) is 0 Å². The van der Waals surface area contributed by atoms with Crippen LogP contribution in [0.2, 0.25) is 0 Å². The molecule has 0 spiro atoms. The summed E-state index contributed by atoms with van der Waals surface area (Å²) < 4.78 is 0. The van der Waals surface area contributed by atoms with E-state index in [0.717, 1.165) is 43.4 Å². The molecule has 2 heterocycles. The second kappa shape index (κ2) is 8.11. The van der Waals surface area contributed by atoms with Gasteiger partial charge in [-0.2, -0.15) is 0 Å². The van der Waals surface area contributed by atoms with E-state index in [1.807, 2.05) is 0 Å². The molecule has 3 rings (SSSR count). The zero-order valence-electron chi connectivity index (χ0n) is 14.1. The molecule has 0 atom stereocenters. The van der Waals surface area contributed by atoms with Gasteiger partial charge in [0.15, 0.2) is 5.13 Å². The largest absolute Gasteiger partial charge is 0.338 e. The van der Waals surface area contributed by atoms with Gasteiger partial charge in [-0.15, -0.1) is 11.3 Å². The van der Waals surface area contributed by atoms with E-state index in [0.29, 0.717) is 0 Å². The van der Waals surface area contributed by atoms with Crippen molar-refractivity contribution in [3.8, 4) is 0 Å². The molecule has 0 unspecified atom stereocenters. The molecule has 6 heteroatoms. The third-order valence-electron chi connectivity index (χ3n) is 4.88. The molecule has 1 aromatic heterocycles. The number of carbonyl (C=O) groups is 1. The summed E-state index contributed by atoms with van der Waals surface area (Å²) in [6.45, 7) is 6.55. The Kier molecular flexibility index (Phi) is 5.89. The molecular formula is C17H28N4OS. The molecule has 1 aromatic rings. The average molecular weight is 337 g/mol. The van der Waals surface area contributed by atoms with E-state index >= 15 is 0 Å². The number of aryl methyl sites for hydroxylation is 2. The molecule has 2 aliphatic rings. The van der Waals surface area contributed by atoms with Gasteiger partial charge < -0.3 is 10.2 Å². The lowest BCUT2D eigenvalue weighted by atomic mass is 9.99. The molecule has 0 saturated carbocycles. The van der Waals surface area contributed by atoms with Crippen LogP contribution in [0.5, 0.6) is 0 Å². The van der Waals surface area contributed by atoms with E-state index in [1.54, 1.807) is 11.3 Å². The molecule has 1 fully saturated rings. The Morgan fingerprint density at radius 2 is 2.09 bits per heavy atom. The summed E-state index contributed by atoms with van der Waals surface area (Å²) in [6.07, 6.45) is 8.27. The van der Waals surface area contributed by atoms with E-state index in [4.69, 9.17) is 0 Å². The number of piperidine rings is 1. The van der Waals surface area contributed by atoms with Crippen molar-refractivity contribution in [2.45, 2.75) is 51.9 Å². The summed E-state index contributed by atoms with van der Waals surface area (Å²) >= 11 is 1.63. The van der Waals surface area contributed by atoms with Crippen LogP contribution in [0.15, 0.2) is 0 Å². The van der Waals surface area contributed by atoms with Crippen LogP contribution in [0, 0.1) is 5.92 Å². The number of rotatable bonds is 5. The van der Waals surface area contributed by atoms with Crippen molar-refractivity contribution < 1.29 is 4.79 Å². The number of thiazole rings is 1. The normalized spacial score (nSPS) is 19.3. The standard InChI is InChI=1S/C17H28N4OS/c1-13-7-11-21(12-8-13)10-4-9-18-16(22)20-17-19-14-5-2-3-6-15(14)23-17/h13H,2-12H2,1H3,(H2,18,19,20,22). The van der Waals surface area contributed by atoms with Crippen molar-refractivity contribution in [3.05, 3.63) is 10.6 Å². The zero-order valence-corrected chi connectivity index (χ0v) is 14.9. The number of urea groups is 1. The summed E-state index contributed by atoms with van der Waals surface area (Å²) in [7, 11) is 0. The quantitative estimate of drug-likeness (QED) is 0.812. The molecule has 2 amide bonds. The predicted molar refractivity (Wildman–Crippen MR) is 95.2 cm³/mol. The molecule has 23 heavy (non-hydrogen) atoms. The third-order valence-corrected chi connectivity index (χ3v) is 5.95. The minimum Gasteiger partial charge on any atom is -0.338 e. The Hall–Kier alpha value is -1.14. The number of carbonyl (C=O) groups excluding carboxylic acids is 1. The molecule has 1 saturated heterocycles. The number of amides is 2. The number of fused-ring (bicyclic) bond motifs is 1. The molecule has 5 nitrogen and oxygen atoms in total. The van der Waals surface area contributed by atoms with E-state index in [2.05, 4.69) is 27.4 Å². The Labute approximate surface area is 142 Å². The van der Waals surface area contributed by atoms with Crippen LogP contribution in [-0.2, 0) is 12.8 Å². The highest BCUT2D eigenvalue weighted by Crippen LogP contribution is 2.29. The number of anilines is 1. The van der Waals surface area contributed by atoms with E-state index in [9.17, 15) is 4.79 Å². The zero-order chi connectivity index (χ0) is 16.1. The first-order valence-electron chi connectivity index (χ1n) is 8.96. The highest BCUT2D eigenvalue weighted by Gasteiger charge is 2.17. The lowest BCUT2D eigenvalue weighted by Gasteiger charge is -2.30. The van der Waals surface area contributed by atoms with Crippen molar-refractivity contribution in [2.24, 2.45) is 5.92 Å². The van der Waals surface area contributed by atoms with Crippen molar-refractivity contribution in [1.29, 1.82) is 0 Å². The molecule has 0 radical (unpaired) electrons. The molecule has 128 valence electrons. The van der Waals surface area contributed by atoms with Gasteiger partial charge in [0.25, 0.3) is 0 Å². The van der Waals surface area contributed by atoms with Crippen LogP contribution in [0.1, 0.15) is 49.6 Å². The van der Waals surface area contributed by atoms with Gasteiger partial charge in [-0.1, -0.05) is 6.92 Å². The maximum absolute atomic E-state index is 12.0. The van der Waals surface area contributed by atoms with Crippen LogP contribution < -0.4 is 10.6 Å². The van der Waals surface area contributed by atoms with E-state index in [-0.39, 0.29) is 6.03 Å². The highest BCUT2D eigenvalue weighted by molar-refractivity contribution is 7.15. The molecule has 0 bridgehead atoms. The van der Waals surface area contributed by atoms with E-state index in [1.165, 1.54) is 49.3 Å². The number of hydrogen-bond donors (Lipinski definition) is 2. The lowest BCUT2D eigenvalue weighted by Crippen LogP contribution is -2.36. The Bertz CT molecular complexity index is 499. The predicted octanol–water partition coefficient (Wildman–Crippen LogP) is 3.27. The van der Waals surface area contributed by atoms with Gasteiger partial charge in [-0.3, -0.25) is 5.32 Å². The lowest BCUT2D eigenvalue weighted by molar-refractivity contribution is 0.190. The summed E-state index contributed by atoms with van der Waals surface area (Å²) in [5.74, 6) is 0.874. The first-order valence-corrected chi connectivity index (χ1v) is 9.78. The molecule has 0 aromatic carbocycles. The Balaban J connectivity index is 1.33. The smallest absolute Gasteiger partial charge is 0.321 e. The Morgan fingerprint density at radius 3 is 2.87 bits per heavy atom. The molecule has 1 aliphatic heterocycles. The fraction of sp³-hybridized carbons (Fsp3) is 0.765. The van der Waals surface area contributed by atoms with Gasteiger partial charge in [0.1, 0.15) is 0 Å². The minimum absolute atomic E-state index is 0.122. The fourth-order valence-electron chi connectivity index (χ4n) is 3.34. The maximum Gasteiger partial charge on any atom is 0.321 e. The summed E-state index contributed by atoms with van der Waals surface area (Å²) in [5, 5.41) is 6.59. The number of likely N-dealkylation sites (tertiary alicyclic amines) is 1. The number of nitrogens with zero attached hydrogens (tertiary/aromatic N) is 2. The van der Waals surface area contributed by atoms with Crippen molar-refractivity contribution in [2.75, 3.05) is 31.5 Å². The van der Waals surface area contributed by atoms with Crippen molar-refractivity contribution in [3.63, 3.8) is 0 Å². The molecule has 2 N–H and O–H groups in total. The SMILES string of the molecule is CC1CCN(CCCNC(=O)Nc2nc3c(s2)CCCC3)CC1. The van der Waals surface area contributed by atoms with E-state index < -0.39 is 0 Å². The van der Waals surface area contributed by atoms with Gasteiger partial charge in [-0.05, 0) is 70.5 Å². The number of nitrogens with one attached hydrogen (secondary N) is 2. The van der Waals surface area contributed by atoms with Gasteiger partial charge in [0.05, 0.1) is 5.69 Å². The average Bonchev–Trinajstić information content (AvgIpc) is 2.95. The second-order valence-corrected chi connectivity index (χ2v) is 7.94. The van der Waals surface area contributed by atoms with Crippen LogP contribution in [-0.4, -0.2) is 42.1 Å². The number of aromatic nitrogens is 1. The highest BCUT2D eigenvalue weighted by atomic mass is 32.1. The van der Waals surface area contributed by atoms with Gasteiger partial charge in [0, 0.05) is 11.4 Å². The molecule has 1 aliphatic carbocycles.